The standard InChI is InChI=1S/C15H21N3/c1-9-2-11-4-10(1)5-12(3-9)15(11)18-8-13-6-16-7-14(13)17-18/h8-12,15-16H,1-7H2. The van der Waals surface area contributed by atoms with Gasteiger partial charge in [-0.25, -0.2) is 0 Å². The Labute approximate surface area is 108 Å². The molecule has 3 nitrogen and oxygen atoms in total. The number of rotatable bonds is 1. The van der Waals surface area contributed by atoms with E-state index < -0.39 is 0 Å². The van der Waals surface area contributed by atoms with Gasteiger partial charge >= 0.3 is 0 Å². The molecule has 0 spiro atoms. The summed E-state index contributed by atoms with van der Waals surface area (Å²) in [4.78, 5) is 0. The Morgan fingerprint density at radius 2 is 1.72 bits per heavy atom. The van der Waals surface area contributed by atoms with Crippen molar-refractivity contribution in [1.82, 2.24) is 15.1 Å². The number of aromatic nitrogens is 2. The molecule has 1 aliphatic heterocycles. The van der Waals surface area contributed by atoms with Crippen molar-refractivity contribution in [2.75, 3.05) is 0 Å². The van der Waals surface area contributed by atoms with Crippen molar-refractivity contribution in [3.63, 3.8) is 0 Å². The van der Waals surface area contributed by atoms with E-state index in [0.717, 1.165) is 42.8 Å². The van der Waals surface area contributed by atoms with E-state index in [1.165, 1.54) is 36.9 Å². The van der Waals surface area contributed by atoms with Gasteiger partial charge in [-0.05, 0) is 55.8 Å². The maximum absolute atomic E-state index is 4.89. The molecule has 96 valence electrons. The van der Waals surface area contributed by atoms with Crippen LogP contribution in [-0.2, 0) is 13.1 Å². The highest BCUT2D eigenvalue weighted by atomic mass is 15.3. The van der Waals surface area contributed by atoms with Gasteiger partial charge in [0, 0.05) is 24.8 Å². The van der Waals surface area contributed by atoms with Gasteiger partial charge in [0.1, 0.15) is 0 Å². The highest BCUT2D eigenvalue weighted by Crippen LogP contribution is 2.58. The number of hydrogen-bond donors (Lipinski definition) is 1. The highest BCUT2D eigenvalue weighted by Gasteiger charge is 2.49. The van der Waals surface area contributed by atoms with Crippen LogP contribution in [0.5, 0.6) is 0 Å². The van der Waals surface area contributed by atoms with Crippen molar-refractivity contribution in [2.24, 2.45) is 23.7 Å². The van der Waals surface area contributed by atoms with Crippen molar-refractivity contribution in [3.05, 3.63) is 17.5 Å². The van der Waals surface area contributed by atoms with Crippen LogP contribution in [0.2, 0.25) is 0 Å². The summed E-state index contributed by atoms with van der Waals surface area (Å²) in [5.41, 5.74) is 2.76. The molecule has 0 amide bonds. The topological polar surface area (TPSA) is 29.9 Å². The van der Waals surface area contributed by atoms with Crippen LogP contribution in [0, 0.1) is 23.7 Å². The fourth-order valence-electron chi connectivity index (χ4n) is 5.56. The summed E-state index contributed by atoms with van der Waals surface area (Å²) >= 11 is 0. The molecule has 5 aliphatic rings. The van der Waals surface area contributed by atoms with E-state index in [-0.39, 0.29) is 0 Å². The first-order valence-electron chi connectivity index (χ1n) is 7.64. The maximum atomic E-state index is 4.89. The minimum Gasteiger partial charge on any atom is -0.307 e. The number of nitrogens with zero attached hydrogens (tertiary/aromatic N) is 2. The number of nitrogens with one attached hydrogen (secondary N) is 1. The Morgan fingerprint density at radius 1 is 1.00 bits per heavy atom. The summed E-state index contributed by atoms with van der Waals surface area (Å²) in [6, 6.07) is 0.739. The smallest absolute Gasteiger partial charge is 0.0807 e. The molecule has 18 heavy (non-hydrogen) atoms. The van der Waals surface area contributed by atoms with Gasteiger partial charge in [-0.15, -0.1) is 0 Å². The molecular formula is C15H21N3. The Bertz CT molecular complexity index is 440. The lowest BCUT2D eigenvalue weighted by atomic mass is 9.54. The van der Waals surface area contributed by atoms with Gasteiger partial charge in [-0.1, -0.05) is 0 Å². The van der Waals surface area contributed by atoms with E-state index in [9.17, 15) is 0 Å². The zero-order valence-corrected chi connectivity index (χ0v) is 10.8. The third-order valence-corrected chi connectivity index (χ3v) is 5.99. The third-order valence-electron chi connectivity index (χ3n) is 5.99. The van der Waals surface area contributed by atoms with Gasteiger partial charge in [0.25, 0.3) is 0 Å². The molecule has 0 saturated heterocycles. The second-order valence-corrected chi connectivity index (χ2v) is 7.11. The average Bonchev–Trinajstić information content (AvgIpc) is 2.87. The lowest BCUT2D eigenvalue weighted by Crippen LogP contribution is -2.46. The van der Waals surface area contributed by atoms with Crippen LogP contribution in [0.15, 0.2) is 6.20 Å². The van der Waals surface area contributed by atoms with Gasteiger partial charge < -0.3 is 5.32 Å². The predicted molar refractivity (Wildman–Crippen MR) is 68.9 cm³/mol. The molecule has 4 fully saturated rings. The largest absolute Gasteiger partial charge is 0.307 e. The van der Waals surface area contributed by atoms with Gasteiger partial charge in [0.05, 0.1) is 11.7 Å². The third kappa shape index (κ3) is 1.26. The lowest BCUT2D eigenvalue weighted by molar-refractivity contribution is -0.0338. The van der Waals surface area contributed by atoms with E-state index in [4.69, 9.17) is 5.10 Å². The molecule has 0 aromatic carbocycles. The average molecular weight is 243 g/mol. The van der Waals surface area contributed by atoms with Crippen molar-refractivity contribution in [1.29, 1.82) is 0 Å². The monoisotopic (exact) mass is 243 g/mol. The minimum atomic E-state index is 0.739. The first-order chi connectivity index (χ1) is 8.87. The molecule has 3 heteroatoms. The van der Waals surface area contributed by atoms with Crippen molar-refractivity contribution in [3.8, 4) is 0 Å². The fraction of sp³-hybridized carbons (Fsp3) is 0.800. The van der Waals surface area contributed by atoms with Gasteiger partial charge in [-0.2, -0.15) is 5.10 Å². The van der Waals surface area contributed by atoms with Crippen molar-refractivity contribution in [2.45, 2.75) is 51.2 Å². The van der Waals surface area contributed by atoms with E-state index in [2.05, 4.69) is 16.2 Å². The Kier molecular flexibility index (Phi) is 1.88. The first-order valence-corrected chi connectivity index (χ1v) is 7.64. The summed E-state index contributed by atoms with van der Waals surface area (Å²) < 4.78 is 2.37. The SMILES string of the molecule is c1c2c(nn1C1C3CC4CC(C3)CC1C4)CNC2. The Balaban J connectivity index is 1.52. The fourth-order valence-corrected chi connectivity index (χ4v) is 5.56. The zero-order valence-electron chi connectivity index (χ0n) is 10.8. The molecule has 0 radical (unpaired) electrons. The van der Waals surface area contributed by atoms with Crippen molar-refractivity contribution < 1.29 is 0 Å². The van der Waals surface area contributed by atoms with Crippen molar-refractivity contribution >= 4 is 0 Å². The molecule has 1 aromatic heterocycles. The van der Waals surface area contributed by atoms with Gasteiger partial charge in [0.15, 0.2) is 0 Å². The van der Waals surface area contributed by atoms with E-state index >= 15 is 0 Å². The number of fused-ring (bicyclic) bond motifs is 1. The van der Waals surface area contributed by atoms with Gasteiger partial charge in [-0.3, -0.25) is 4.68 Å². The second kappa shape index (κ2) is 3.38. The molecule has 1 aromatic rings. The summed E-state index contributed by atoms with van der Waals surface area (Å²) in [5.74, 6) is 4.00. The molecule has 0 unspecified atom stereocenters. The van der Waals surface area contributed by atoms with Crippen LogP contribution in [0.3, 0.4) is 0 Å². The second-order valence-electron chi connectivity index (χ2n) is 7.11. The van der Waals surface area contributed by atoms with Crippen LogP contribution >= 0.6 is 0 Å². The molecule has 6 rings (SSSR count). The molecular weight excluding hydrogens is 222 g/mol. The predicted octanol–water partition coefficient (Wildman–Crippen LogP) is 2.48. The number of hydrogen-bond acceptors (Lipinski definition) is 2. The van der Waals surface area contributed by atoms with Crippen LogP contribution in [0.1, 0.15) is 49.4 Å². The summed E-state index contributed by atoms with van der Waals surface area (Å²) in [5, 5.41) is 8.28. The normalized spacial score (nSPS) is 44.6. The van der Waals surface area contributed by atoms with Crippen LogP contribution in [0.25, 0.3) is 0 Å². The summed E-state index contributed by atoms with van der Waals surface area (Å²) in [6.45, 7) is 2.01. The summed E-state index contributed by atoms with van der Waals surface area (Å²) in [6.07, 6.45) is 9.84. The van der Waals surface area contributed by atoms with E-state index in [1.807, 2.05) is 0 Å². The van der Waals surface area contributed by atoms with Crippen LogP contribution < -0.4 is 5.32 Å². The minimum absolute atomic E-state index is 0.739. The zero-order chi connectivity index (χ0) is 11.7. The molecule has 4 aliphatic carbocycles. The first kappa shape index (κ1) is 10.0. The maximum Gasteiger partial charge on any atom is 0.0807 e. The summed E-state index contributed by atoms with van der Waals surface area (Å²) in [7, 11) is 0. The highest BCUT2D eigenvalue weighted by molar-refractivity contribution is 5.21. The van der Waals surface area contributed by atoms with Crippen LogP contribution in [0.4, 0.5) is 0 Å². The molecule has 4 saturated carbocycles. The Hall–Kier alpha value is -0.830. The van der Waals surface area contributed by atoms with Gasteiger partial charge in [0.2, 0.25) is 0 Å². The molecule has 0 atom stereocenters. The Morgan fingerprint density at radius 3 is 2.39 bits per heavy atom. The molecule has 4 bridgehead atoms. The van der Waals surface area contributed by atoms with E-state index in [1.54, 1.807) is 6.42 Å². The molecule has 2 heterocycles. The van der Waals surface area contributed by atoms with E-state index in [0.29, 0.717) is 0 Å². The molecule has 1 N–H and O–H groups in total. The lowest BCUT2D eigenvalue weighted by Gasteiger charge is -2.54. The van der Waals surface area contributed by atoms with Crippen LogP contribution in [-0.4, -0.2) is 9.78 Å². The quantitative estimate of drug-likeness (QED) is 0.821.